The van der Waals surface area contributed by atoms with Gasteiger partial charge in [-0.3, -0.25) is 4.79 Å². The Bertz CT molecular complexity index is 1360. The number of urea groups is 1. The summed E-state index contributed by atoms with van der Waals surface area (Å²) in [5, 5.41) is 4.46. The molecule has 0 atom stereocenters. The predicted octanol–water partition coefficient (Wildman–Crippen LogP) is 6.34. The summed E-state index contributed by atoms with van der Waals surface area (Å²) in [5.74, 6) is 0. The summed E-state index contributed by atoms with van der Waals surface area (Å²) in [6.45, 7) is 6.57. The lowest BCUT2D eigenvalue weighted by molar-refractivity contribution is 0.206. The maximum atomic E-state index is 13.2. The Kier molecular flexibility index (Phi) is 6.52. The number of carbonyl (C=O) groups excluding carboxylic acids is 1. The molecule has 2 amide bonds. The molecule has 168 valence electrons. The Morgan fingerprint density at radius 3 is 2.30 bits per heavy atom. The van der Waals surface area contributed by atoms with Crippen LogP contribution in [0.25, 0.3) is 10.9 Å². The van der Waals surface area contributed by atoms with E-state index in [0.717, 1.165) is 33.2 Å². The number of fused-ring (bicyclic) bond motifs is 1. The highest BCUT2D eigenvalue weighted by atomic mass is 35.5. The van der Waals surface area contributed by atoms with Crippen LogP contribution in [0.15, 0.2) is 71.5 Å². The second-order valence-corrected chi connectivity index (χ2v) is 8.88. The van der Waals surface area contributed by atoms with Crippen LogP contribution < -0.4 is 10.9 Å². The number of aromatic nitrogens is 1. The number of H-pyrrole nitrogens is 1. The van der Waals surface area contributed by atoms with Crippen molar-refractivity contribution >= 4 is 34.2 Å². The molecule has 0 unspecified atom stereocenters. The van der Waals surface area contributed by atoms with Gasteiger partial charge >= 0.3 is 6.03 Å². The van der Waals surface area contributed by atoms with Crippen LogP contribution in [0.1, 0.15) is 27.8 Å². The Hall–Kier alpha value is -3.57. The van der Waals surface area contributed by atoms with Gasteiger partial charge in [0.1, 0.15) is 0 Å². The summed E-state index contributed by atoms with van der Waals surface area (Å²) in [6, 6.07) is 20.6. The van der Waals surface area contributed by atoms with E-state index in [4.69, 9.17) is 11.6 Å². The number of aromatic amines is 1. The highest BCUT2D eigenvalue weighted by Crippen LogP contribution is 2.20. The van der Waals surface area contributed by atoms with E-state index in [1.807, 2.05) is 63.2 Å². The normalized spacial score (nSPS) is 10.9. The molecule has 4 rings (SSSR count). The molecule has 4 aromatic rings. The van der Waals surface area contributed by atoms with Crippen LogP contribution >= 0.6 is 11.6 Å². The van der Waals surface area contributed by atoms with Gasteiger partial charge in [-0.15, -0.1) is 0 Å². The van der Waals surface area contributed by atoms with Crippen molar-refractivity contribution in [2.24, 2.45) is 0 Å². The van der Waals surface area contributed by atoms with E-state index in [1.54, 1.807) is 29.2 Å². The van der Waals surface area contributed by atoms with E-state index in [1.165, 1.54) is 0 Å². The van der Waals surface area contributed by atoms with E-state index in [0.29, 0.717) is 22.8 Å². The summed E-state index contributed by atoms with van der Waals surface area (Å²) >= 11 is 5.96. The first-order valence-electron chi connectivity index (χ1n) is 10.8. The number of anilines is 1. The van der Waals surface area contributed by atoms with E-state index < -0.39 is 0 Å². The second-order valence-electron chi connectivity index (χ2n) is 8.45. The molecule has 0 saturated carbocycles. The van der Waals surface area contributed by atoms with Crippen LogP contribution in [-0.4, -0.2) is 15.9 Å². The fraction of sp³-hybridized carbons (Fsp3) is 0.185. The minimum Gasteiger partial charge on any atom is -0.321 e. The molecule has 33 heavy (non-hydrogen) atoms. The fourth-order valence-corrected chi connectivity index (χ4v) is 4.03. The average Bonchev–Trinajstić information content (AvgIpc) is 2.77. The first-order valence-corrected chi connectivity index (χ1v) is 11.2. The van der Waals surface area contributed by atoms with Crippen LogP contribution in [0.5, 0.6) is 0 Å². The quantitative estimate of drug-likeness (QED) is 0.365. The monoisotopic (exact) mass is 459 g/mol. The van der Waals surface area contributed by atoms with Gasteiger partial charge in [-0.1, -0.05) is 53.1 Å². The van der Waals surface area contributed by atoms with Crippen molar-refractivity contribution < 1.29 is 4.79 Å². The number of amides is 2. The van der Waals surface area contributed by atoms with Crippen molar-refractivity contribution in [2.45, 2.75) is 33.9 Å². The molecule has 0 saturated heterocycles. The van der Waals surface area contributed by atoms with Crippen LogP contribution in [0.2, 0.25) is 5.02 Å². The number of aryl methyl sites for hydroxylation is 3. The Labute approximate surface area is 198 Å². The second kappa shape index (κ2) is 9.51. The van der Waals surface area contributed by atoms with E-state index in [-0.39, 0.29) is 18.1 Å². The van der Waals surface area contributed by atoms with Crippen molar-refractivity contribution in [1.82, 2.24) is 9.88 Å². The number of rotatable bonds is 5. The Balaban J connectivity index is 1.67. The zero-order valence-corrected chi connectivity index (χ0v) is 19.7. The van der Waals surface area contributed by atoms with E-state index in [9.17, 15) is 9.59 Å². The molecule has 5 nitrogen and oxygen atoms in total. The van der Waals surface area contributed by atoms with Crippen molar-refractivity contribution in [3.63, 3.8) is 0 Å². The molecular formula is C27H26ClN3O2. The zero-order chi connectivity index (χ0) is 23.5. The Morgan fingerprint density at radius 1 is 0.909 bits per heavy atom. The van der Waals surface area contributed by atoms with Gasteiger partial charge in [0.15, 0.2) is 0 Å². The van der Waals surface area contributed by atoms with Crippen LogP contribution in [0.3, 0.4) is 0 Å². The van der Waals surface area contributed by atoms with Crippen molar-refractivity contribution in [3.8, 4) is 0 Å². The molecule has 0 radical (unpaired) electrons. The Morgan fingerprint density at radius 2 is 1.61 bits per heavy atom. The minimum absolute atomic E-state index is 0.172. The number of hydrogen-bond donors (Lipinski definition) is 2. The van der Waals surface area contributed by atoms with Gasteiger partial charge in [0.05, 0.1) is 12.1 Å². The molecule has 0 fully saturated rings. The maximum absolute atomic E-state index is 13.2. The topological polar surface area (TPSA) is 65.2 Å². The van der Waals surface area contributed by atoms with Crippen molar-refractivity contribution in [1.29, 1.82) is 0 Å². The summed E-state index contributed by atoms with van der Waals surface area (Å²) in [5.41, 5.74) is 6.07. The largest absolute Gasteiger partial charge is 0.322 e. The van der Waals surface area contributed by atoms with Gasteiger partial charge in [0, 0.05) is 22.8 Å². The van der Waals surface area contributed by atoms with Gasteiger partial charge in [-0.2, -0.15) is 0 Å². The van der Waals surface area contributed by atoms with Crippen LogP contribution in [0, 0.1) is 20.8 Å². The summed E-state index contributed by atoms with van der Waals surface area (Å²) in [7, 11) is 0. The van der Waals surface area contributed by atoms with Gasteiger partial charge < -0.3 is 15.2 Å². The fourth-order valence-electron chi connectivity index (χ4n) is 3.90. The molecule has 0 aliphatic carbocycles. The van der Waals surface area contributed by atoms with E-state index in [2.05, 4.69) is 10.3 Å². The lowest BCUT2D eigenvalue weighted by Crippen LogP contribution is -2.35. The molecule has 0 spiro atoms. The number of halogens is 1. The number of hydrogen-bond acceptors (Lipinski definition) is 2. The summed E-state index contributed by atoms with van der Waals surface area (Å²) in [6.07, 6.45) is 0. The molecule has 0 aliphatic rings. The highest BCUT2D eigenvalue weighted by molar-refractivity contribution is 6.30. The minimum atomic E-state index is -0.294. The first-order chi connectivity index (χ1) is 15.8. The third-order valence-corrected chi connectivity index (χ3v) is 5.86. The average molecular weight is 460 g/mol. The third kappa shape index (κ3) is 5.44. The molecule has 6 heteroatoms. The molecule has 0 bridgehead atoms. The predicted molar refractivity (Wildman–Crippen MR) is 135 cm³/mol. The van der Waals surface area contributed by atoms with E-state index >= 15 is 0 Å². The lowest BCUT2D eigenvalue weighted by Gasteiger charge is -2.23. The van der Waals surface area contributed by atoms with Gasteiger partial charge in [0.2, 0.25) is 0 Å². The zero-order valence-electron chi connectivity index (χ0n) is 18.9. The molecule has 3 aromatic carbocycles. The standard InChI is InChI=1S/C27H26ClN3O2/c1-17-4-6-20(7-5-17)15-31(27(33)29-24-10-8-23(28)9-11-24)16-22-14-21-13-18(2)12-19(3)25(21)30-26(22)32/h4-14H,15-16H2,1-3H3,(H,29,33)(H,30,32). The molecule has 1 heterocycles. The van der Waals surface area contributed by atoms with Gasteiger partial charge in [-0.25, -0.2) is 4.79 Å². The van der Waals surface area contributed by atoms with Crippen LogP contribution in [-0.2, 0) is 13.1 Å². The number of carbonyl (C=O) groups is 1. The van der Waals surface area contributed by atoms with Crippen LogP contribution in [0.4, 0.5) is 10.5 Å². The van der Waals surface area contributed by atoms with Crippen molar-refractivity contribution in [2.75, 3.05) is 5.32 Å². The molecule has 0 aliphatic heterocycles. The molecule has 2 N–H and O–H groups in total. The maximum Gasteiger partial charge on any atom is 0.322 e. The van der Waals surface area contributed by atoms with Crippen molar-refractivity contribution in [3.05, 3.63) is 110 Å². The lowest BCUT2D eigenvalue weighted by atomic mass is 10.0. The smallest absolute Gasteiger partial charge is 0.321 e. The third-order valence-electron chi connectivity index (χ3n) is 5.61. The SMILES string of the molecule is Cc1ccc(CN(Cc2cc3cc(C)cc(C)c3[nH]c2=O)C(=O)Nc2ccc(Cl)cc2)cc1. The number of benzene rings is 3. The number of nitrogens with zero attached hydrogens (tertiary/aromatic N) is 1. The summed E-state index contributed by atoms with van der Waals surface area (Å²) < 4.78 is 0. The molecular weight excluding hydrogens is 434 g/mol. The van der Waals surface area contributed by atoms with Gasteiger partial charge in [0.25, 0.3) is 5.56 Å². The number of pyridine rings is 1. The number of nitrogens with one attached hydrogen (secondary N) is 2. The molecule has 1 aromatic heterocycles. The first kappa shape index (κ1) is 22.6. The summed E-state index contributed by atoms with van der Waals surface area (Å²) in [4.78, 5) is 30.8. The van der Waals surface area contributed by atoms with Gasteiger partial charge in [-0.05, 0) is 73.7 Å². The highest BCUT2D eigenvalue weighted by Gasteiger charge is 2.17.